The largest absolute Gasteiger partial charge is 0.495 e. The van der Waals surface area contributed by atoms with Crippen LogP contribution in [-0.4, -0.2) is 44.6 Å². The van der Waals surface area contributed by atoms with Crippen LogP contribution >= 0.6 is 0 Å². The molecule has 5 rings (SSSR count). The van der Waals surface area contributed by atoms with Gasteiger partial charge in [0.25, 0.3) is 0 Å². The number of methoxy groups -OCH3 is 1. The molecule has 1 saturated carbocycles. The number of anilines is 2. The lowest BCUT2D eigenvalue weighted by atomic mass is 10.1. The normalized spacial score (nSPS) is 15.6. The Morgan fingerprint density at radius 1 is 1.28 bits per heavy atom. The van der Waals surface area contributed by atoms with Crippen LogP contribution in [0.2, 0.25) is 0 Å². The summed E-state index contributed by atoms with van der Waals surface area (Å²) in [4.78, 5) is 25.3. The summed E-state index contributed by atoms with van der Waals surface area (Å²) < 4.78 is 29.4. The Labute approximate surface area is 170 Å². The number of carbonyl (C=O) groups is 1. The smallest absolute Gasteiger partial charge is 0.228 e. The Balaban J connectivity index is 1.64. The van der Waals surface area contributed by atoms with E-state index in [0.717, 1.165) is 12.8 Å². The van der Waals surface area contributed by atoms with Gasteiger partial charge in [0.15, 0.2) is 11.5 Å². The van der Waals surface area contributed by atoms with Crippen molar-refractivity contribution in [3.05, 3.63) is 36.8 Å². The van der Waals surface area contributed by atoms with Crippen molar-refractivity contribution in [2.75, 3.05) is 24.7 Å². The minimum Gasteiger partial charge on any atom is -0.495 e. The van der Waals surface area contributed by atoms with Gasteiger partial charge >= 0.3 is 0 Å². The Morgan fingerprint density at radius 3 is 2.97 bits per heavy atom. The molecule has 1 amide bonds. The van der Waals surface area contributed by atoms with Crippen LogP contribution < -0.4 is 15.4 Å². The molecule has 146 valence electrons. The summed E-state index contributed by atoms with van der Waals surface area (Å²) in [6, 6.07) is 5.24. The van der Waals surface area contributed by atoms with E-state index < -0.39 is 6.98 Å². The number of rotatable bonds is 5. The second-order valence-corrected chi connectivity index (χ2v) is 6.83. The molecule has 2 N–H and O–H groups in total. The van der Waals surface area contributed by atoms with Gasteiger partial charge in [0, 0.05) is 45.7 Å². The molecule has 29 heavy (non-hydrogen) atoms. The number of hydrogen-bond acceptors (Lipinski definition) is 7. The van der Waals surface area contributed by atoms with E-state index in [1.165, 1.54) is 12.4 Å². The topological polar surface area (TPSA) is 106 Å². The number of ether oxygens (including phenoxy) is 1. The highest BCUT2D eigenvalue weighted by Crippen LogP contribution is 2.33. The standard InChI is InChI=1S/C20H19N7O2/c1-21-18-14-8-22-16(24-20(28)11-3-4-11)7-13(14)15(9-23-18)19-25-17-6-5-12(29-2)10-27(17)26-19/h5-11H,3-4H2,1-2H3,(H,21,23)(H,22,24,28)/i1D3. The Bertz CT molecular complexity index is 1350. The van der Waals surface area contributed by atoms with Crippen molar-refractivity contribution >= 4 is 34.0 Å². The van der Waals surface area contributed by atoms with Crippen molar-refractivity contribution in [2.24, 2.45) is 5.92 Å². The summed E-state index contributed by atoms with van der Waals surface area (Å²) in [5.74, 6) is 1.48. The fourth-order valence-electron chi connectivity index (χ4n) is 3.15. The summed E-state index contributed by atoms with van der Waals surface area (Å²) in [6.07, 6.45) is 6.44. The lowest BCUT2D eigenvalue weighted by molar-refractivity contribution is -0.117. The Kier molecular flexibility index (Phi) is 3.30. The van der Waals surface area contributed by atoms with E-state index in [9.17, 15) is 4.79 Å². The summed E-state index contributed by atoms with van der Waals surface area (Å²) in [7, 11) is 1.57. The summed E-state index contributed by atoms with van der Waals surface area (Å²) >= 11 is 0. The van der Waals surface area contributed by atoms with Crippen molar-refractivity contribution in [3.63, 3.8) is 0 Å². The fourth-order valence-corrected chi connectivity index (χ4v) is 3.15. The van der Waals surface area contributed by atoms with Gasteiger partial charge in [-0.05, 0) is 31.0 Å². The second-order valence-electron chi connectivity index (χ2n) is 6.83. The van der Waals surface area contributed by atoms with E-state index in [2.05, 4.69) is 30.7 Å². The van der Waals surface area contributed by atoms with Crippen molar-refractivity contribution in [1.82, 2.24) is 24.6 Å². The maximum atomic E-state index is 12.2. The summed E-state index contributed by atoms with van der Waals surface area (Å²) in [5, 5.41) is 10.9. The number of carbonyl (C=O) groups excluding carboxylic acids is 1. The molecule has 1 fully saturated rings. The van der Waals surface area contributed by atoms with Gasteiger partial charge < -0.3 is 15.4 Å². The number of amides is 1. The van der Waals surface area contributed by atoms with Gasteiger partial charge in [0.2, 0.25) is 5.91 Å². The average Bonchev–Trinajstić information content (AvgIpc) is 3.52. The lowest BCUT2D eigenvalue weighted by Gasteiger charge is -2.10. The Morgan fingerprint density at radius 2 is 2.17 bits per heavy atom. The molecular weight excluding hydrogens is 370 g/mol. The zero-order valence-corrected chi connectivity index (χ0v) is 15.5. The van der Waals surface area contributed by atoms with Gasteiger partial charge in [-0.25, -0.2) is 19.5 Å². The zero-order valence-electron chi connectivity index (χ0n) is 18.5. The molecule has 9 nitrogen and oxygen atoms in total. The van der Waals surface area contributed by atoms with Gasteiger partial charge in [-0.1, -0.05) is 0 Å². The second kappa shape index (κ2) is 6.69. The third-order valence-corrected chi connectivity index (χ3v) is 4.87. The third kappa shape index (κ3) is 3.10. The number of aromatic nitrogens is 5. The molecule has 0 atom stereocenters. The molecule has 1 aliphatic rings. The third-order valence-electron chi connectivity index (χ3n) is 4.87. The minimum atomic E-state index is -2.43. The van der Waals surface area contributed by atoms with Crippen molar-refractivity contribution in [2.45, 2.75) is 12.8 Å². The Hall–Kier alpha value is -3.75. The molecule has 0 aromatic carbocycles. The van der Waals surface area contributed by atoms with Crippen molar-refractivity contribution < 1.29 is 13.6 Å². The summed E-state index contributed by atoms with van der Waals surface area (Å²) in [5.41, 5.74) is 1.18. The highest BCUT2D eigenvalue weighted by molar-refractivity contribution is 6.03. The summed E-state index contributed by atoms with van der Waals surface area (Å²) in [6.45, 7) is -2.43. The monoisotopic (exact) mass is 392 g/mol. The van der Waals surface area contributed by atoms with Gasteiger partial charge in [0.1, 0.15) is 17.4 Å². The maximum absolute atomic E-state index is 12.2. The van der Waals surface area contributed by atoms with Crippen LogP contribution in [0.1, 0.15) is 17.0 Å². The van der Waals surface area contributed by atoms with Crippen LogP contribution in [0.3, 0.4) is 0 Å². The number of nitrogens with one attached hydrogen (secondary N) is 2. The lowest BCUT2D eigenvalue weighted by Crippen LogP contribution is -2.14. The molecule has 0 spiro atoms. The van der Waals surface area contributed by atoms with Crippen LogP contribution in [-0.2, 0) is 4.79 Å². The molecule has 0 bridgehead atoms. The predicted molar refractivity (Wildman–Crippen MR) is 109 cm³/mol. The highest BCUT2D eigenvalue weighted by atomic mass is 16.5. The van der Waals surface area contributed by atoms with Crippen LogP contribution in [0.25, 0.3) is 27.8 Å². The minimum absolute atomic E-state index is 0.0206. The van der Waals surface area contributed by atoms with Crippen LogP contribution in [0.4, 0.5) is 11.6 Å². The van der Waals surface area contributed by atoms with E-state index in [1.54, 1.807) is 36.0 Å². The van der Waals surface area contributed by atoms with Gasteiger partial charge in [-0.2, -0.15) is 0 Å². The zero-order chi connectivity index (χ0) is 22.5. The molecule has 4 aromatic heterocycles. The maximum Gasteiger partial charge on any atom is 0.228 e. The average molecular weight is 392 g/mol. The van der Waals surface area contributed by atoms with Gasteiger partial charge in [-0.15, -0.1) is 5.10 Å². The van der Waals surface area contributed by atoms with Crippen molar-refractivity contribution in [3.8, 4) is 17.1 Å². The first kappa shape index (κ1) is 14.3. The molecule has 4 aromatic rings. The molecule has 0 radical (unpaired) electrons. The van der Waals surface area contributed by atoms with Crippen LogP contribution in [0.15, 0.2) is 36.8 Å². The molecule has 0 aliphatic heterocycles. The first-order valence-corrected chi connectivity index (χ1v) is 9.09. The molecule has 4 heterocycles. The molecular formula is C20H19N7O2. The quantitative estimate of drug-likeness (QED) is 0.538. The molecule has 0 saturated heterocycles. The highest BCUT2D eigenvalue weighted by Gasteiger charge is 2.30. The van der Waals surface area contributed by atoms with E-state index in [-0.39, 0.29) is 17.6 Å². The first-order chi connectivity index (χ1) is 15.3. The molecule has 9 heteroatoms. The SMILES string of the molecule is [2H]C([2H])([2H])Nc1ncc(-c2nc3ccc(OC)cn3n2)c2cc(NC(=O)C3CC3)ncc12. The number of nitrogens with zero attached hydrogens (tertiary/aromatic N) is 5. The van der Waals surface area contributed by atoms with E-state index >= 15 is 0 Å². The van der Waals surface area contributed by atoms with E-state index in [1.807, 2.05) is 0 Å². The van der Waals surface area contributed by atoms with Crippen molar-refractivity contribution in [1.29, 1.82) is 0 Å². The first-order valence-electron chi connectivity index (χ1n) is 10.6. The van der Waals surface area contributed by atoms with Crippen LogP contribution in [0, 0.1) is 5.92 Å². The fraction of sp³-hybridized carbons (Fsp3) is 0.250. The number of fused-ring (bicyclic) bond motifs is 2. The van der Waals surface area contributed by atoms with E-state index in [4.69, 9.17) is 8.85 Å². The van der Waals surface area contributed by atoms with Crippen LogP contribution in [0.5, 0.6) is 5.75 Å². The molecule has 1 aliphatic carbocycles. The van der Waals surface area contributed by atoms with E-state index in [0.29, 0.717) is 39.4 Å². The number of hydrogen-bond donors (Lipinski definition) is 2. The predicted octanol–water partition coefficient (Wildman–Crippen LogP) is 2.74. The van der Waals surface area contributed by atoms with Gasteiger partial charge in [0.05, 0.1) is 13.3 Å². The molecule has 0 unspecified atom stereocenters. The number of pyridine rings is 3. The van der Waals surface area contributed by atoms with Gasteiger partial charge in [-0.3, -0.25) is 4.79 Å².